The van der Waals surface area contributed by atoms with Gasteiger partial charge in [-0.05, 0) is 60.9 Å². The van der Waals surface area contributed by atoms with Crippen LogP contribution in [0, 0.1) is 0 Å². The molecule has 36 heavy (non-hydrogen) atoms. The highest BCUT2D eigenvalue weighted by Gasteiger charge is 2.23. The van der Waals surface area contributed by atoms with Gasteiger partial charge in [0.2, 0.25) is 0 Å². The molecular weight excluding hydrogens is 462 g/mol. The molecule has 0 unspecified atom stereocenters. The van der Waals surface area contributed by atoms with Gasteiger partial charge >= 0.3 is 5.97 Å². The molecule has 0 fully saturated rings. The highest BCUT2D eigenvalue weighted by Crippen LogP contribution is 2.42. The molecule has 0 bridgehead atoms. The molecule has 2 aliphatic rings. The summed E-state index contributed by atoms with van der Waals surface area (Å²) in [4.78, 5) is 37.0. The van der Waals surface area contributed by atoms with E-state index in [1.807, 2.05) is 0 Å². The van der Waals surface area contributed by atoms with Crippen LogP contribution in [0.15, 0.2) is 63.8 Å². The Morgan fingerprint density at radius 1 is 0.944 bits per heavy atom. The van der Waals surface area contributed by atoms with Crippen LogP contribution in [0.2, 0.25) is 0 Å². The number of aromatic hydroxyl groups is 1. The van der Waals surface area contributed by atoms with Crippen molar-refractivity contribution in [3.05, 3.63) is 75.9 Å². The van der Waals surface area contributed by atoms with Gasteiger partial charge in [-0.1, -0.05) is 12.8 Å². The number of carbonyl (C=O) groups excluding carboxylic acids is 1. The number of benzene rings is 3. The third-order valence-electron chi connectivity index (χ3n) is 6.02. The second-order valence-electron chi connectivity index (χ2n) is 8.54. The lowest BCUT2D eigenvalue weighted by Gasteiger charge is -2.17. The van der Waals surface area contributed by atoms with Crippen LogP contribution in [0.5, 0.6) is 5.75 Å². The number of carboxylic acids is 1. The first kappa shape index (κ1) is 24.9. The molecule has 8 heteroatoms. The van der Waals surface area contributed by atoms with Gasteiger partial charge in [0.15, 0.2) is 5.43 Å². The van der Waals surface area contributed by atoms with E-state index in [-0.39, 0.29) is 34.0 Å². The van der Waals surface area contributed by atoms with Gasteiger partial charge < -0.3 is 24.7 Å². The zero-order valence-corrected chi connectivity index (χ0v) is 19.9. The van der Waals surface area contributed by atoms with Crippen molar-refractivity contribution in [1.82, 2.24) is 5.32 Å². The maximum Gasteiger partial charge on any atom is 0.336 e. The highest BCUT2D eigenvalue weighted by molar-refractivity contribution is 6.09. The number of phenolic OH excluding ortho intramolecular Hbond substituents is 1. The molecule has 2 aromatic rings. The number of amides is 1. The van der Waals surface area contributed by atoms with Crippen molar-refractivity contribution in [3.63, 3.8) is 0 Å². The molecule has 186 valence electrons. The molecule has 0 radical (unpaired) electrons. The fourth-order valence-electron chi connectivity index (χ4n) is 4.26. The molecule has 2 aromatic carbocycles. The Morgan fingerprint density at radius 2 is 1.75 bits per heavy atom. The van der Waals surface area contributed by atoms with Crippen LogP contribution >= 0.6 is 0 Å². The van der Waals surface area contributed by atoms with Gasteiger partial charge in [0.1, 0.15) is 17.1 Å². The van der Waals surface area contributed by atoms with Crippen LogP contribution < -0.4 is 10.7 Å². The fourth-order valence-corrected chi connectivity index (χ4v) is 4.26. The van der Waals surface area contributed by atoms with E-state index in [9.17, 15) is 24.6 Å². The van der Waals surface area contributed by atoms with Gasteiger partial charge in [-0.15, -0.1) is 0 Å². The second kappa shape index (κ2) is 11.0. The predicted octanol–water partition coefficient (Wildman–Crippen LogP) is 4.91. The molecule has 0 saturated heterocycles. The summed E-state index contributed by atoms with van der Waals surface area (Å²) in [6, 6.07) is 13.2. The van der Waals surface area contributed by atoms with E-state index in [1.165, 1.54) is 36.4 Å². The monoisotopic (exact) mass is 489 g/mol. The first-order valence-electron chi connectivity index (χ1n) is 11.7. The molecule has 1 aliphatic carbocycles. The van der Waals surface area contributed by atoms with Gasteiger partial charge in [-0.3, -0.25) is 9.59 Å². The smallest absolute Gasteiger partial charge is 0.336 e. The fraction of sp³-hybridized carbons (Fsp3) is 0.250. The van der Waals surface area contributed by atoms with Crippen LogP contribution in [0.1, 0.15) is 46.4 Å². The molecule has 0 saturated carbocycles. The van der Waals surface area contributed by atoms with Crippen molar-refractivity contribution in [2.45, 2.75) is 25.7 Å². The molecule has 3 N–H and O–H groups in total. The van der Waals surface area contributed by atoms with E-state index in [4.69, 9.17) is 9.15 Å². The summed E-state index contributed by atoms with van der Waals surface area (Å²) < 4.78 is 10.9. The molecule has 0 spiro atoms. The van der Waals surface area contributed by atoms with Crippen molar-refractivity contribution < 1.29 is 29.0 Å². The molecule has 0 aromatic heterocycles. The Bertz CT molecular complexity index is 1440. The van der Waals surface area contributed by atoms with Crippen molar-refractivity contribution in [3.8, 4) is 28.2 Å². The SMILES string of the molecule is COCCCCCCNC(=O)c1ccc(C(=O)O)c(-c2c3ccc(=O)cc-3oc3cc(O)ccc23)c1. The topological polar surface area (TPSA) is 126 Å². The van der Waals surface area contributed by atoms with E-state index in [2.05, 4.69) is 5.32 Å². The summed E-state index contributed by atoms with van der Waals surface area (Å²) in [5.41, 5.74) is 1.65. The van der Waals surface area contributed by atoms with E-state index >= 15 is 0 Å². The summed E-state index contributed by atoms with van der Waals surface area (Å²) in [5.74, 6) is -1.26. The number of ether oxygens (including phenoxy) is 1. The van der Waals surface area contributed by atoms with Crippen LogP contribution in [0.4, 0.5) is 0 Å². The number of rotatable bonds is 10. The van der Waals surface area contributed by atoms with Crippen molar-refractivity contribution in [1.29, 1.82) is 0 Å². The number of carbonyl (C=O) groups is 2. The first-order valence-corrected chi connectivity index (χ1v) is 11.7. The lowest BCUT2D eigenvalue weighted by Crippen LogP contribution is -2.24. The molecule has 4 rings (SSSR count). The van der Waals surface area contributed by atoms with Gasteiger partial charge in [0, 0.05) is 54.5 Å². The third kappa shape index (κ3) is 5.39. The largest absolute Gasteiger partial charge is 0.508 e. The number of methoxy groups -OCH3 is 1. The zero-order valence-electron chi connectivity index (χ0n) is 19.9. The maximum absolute atomic E-state index is 12.9. The predicted molar refractivity (Wildman–Crippen MR) is 136 cm³/mol. The number of hydrogen-bond acceptors (Lipinski definition) is 6. The van der Waals surface area contributed by atoms with E-state index in [0.29, 0.717) is 34.2 Å². The number of hydrogen-bond donors (Lipinski definition) is 3. The Kier molecular flexibility index (Phi) is 7.65. The van der Waals surface area contributed by atoms with Gasteiger partial charge in [0.05, 0.1) is 5.56 Å². The maximum atomic E-state index is 12.9. The van der Waals surface area contributed by atoms with Crippen LogP contribution in [-0.4, -0.2) is 42.4 Å². The quantitative estimate of drug-likeness (QED) is 0.213. The Balaban J connectivity index is 1.74. The average Bonchev–Trinajstić information content (AvgIpc) is 2.86. The Labute approximate surface area is 207 Å². The molecule has 8 nitrogen and oxygen atoms in total. The van der Waals surface area contributed by atoms with Gasteiger partial charge in [-0.25, -0.2) is 4.79 Å². The summed E-state index contributed by atoms with van der Waals surface area (Å²) in [7, 11) is 1.67. The summed E-state index contributed by atoms with van der Waals surface area (Å²) >= 11 is 0. The standard InChI is InChI=1S/C28H27NO7/c1-35-13-5-3-2-4-12-29-27(32)17-6-9-20(28(33)34)23(14-17)26-21-10-7-18(30)15-24(21)36-25-16-19(31)8-11-22(25)26/h6-11,14-16,30H,2-5,12-13H2,1H3,(H,29,32)(H,33,34). The van der Waals surface area contributed by atoms with Crippen LogP contribution in [0.25, 0.3) is 33.4 Å². The molecule has 0 atom stereocenters. The lowest BCUT2D eigenvalue weighted by atomic mass is 9.89. The minimum absolute atomic E-state index is 0.00207. The lowest BCUT2D eigenvalue weighted by molar-refractivity contribution is 0.0697. The van der Waals surface area contributed by atoms with Crippen molar-refractivity contribution in [2.24, 2.45) is 0 Å². The summed E-state index contributed by atoms with van der Waals surface area (Å²) in [6.07, 6.45) is 3.78. The van der Waals surface area contributed by atoms with Gasteiger partial charge in [0.25, 0.3) is 5.91 Å². The van der Waals surface area contributed by atoms with Gasteiger partial charge in [-0.2, -0.15) is 0 Å². The zero-order chi connectivity index (χ0) is 25.7. The highest BCUT2D eigenvalue weighted by atomic mass is 16.5. The summed E-state index contributed by atoms with van der Waals surface area (Å²) in [6.45, 7) is 1.22. The second-order valence-corrected chi connectivity index (χ2v) is 8.54. The molecule has 1 heterocycles. The van der Waals surface area contributed by atoms with Crippen molar-refractivity contribution in [2.75, 3.05) is 20.3 Å². The minimum Gasteiger partial charge on any atom is -0.508 e. The molecular formula is C28H27NO7. The third-order valence-corrected chi connectivity index (χ3v) is 6.02. The minimum atomic E-state index is -1.16. The van der Waals surface area contributed by atoms with Crippen LogP contribution in [-0.2, 0) is 4.74 Å². The Morgan fingerprint density at radius 3 is 2.53 bits per heavy atom. The number of unbranched alkanes of at least 4 members (excludes halogenated alkanes) is 3. The Hall–Kier alpha value is -4.17. The number of carboxylic acid groups (broad SMARTS) is 1. The normalized spacial score (nSPS) is 11.1. The molecule has 1 amide bonds. The average molecular weight is 490 g/mol. The number of nitrogens with one attached hydrogen (secondary N) is 1. The molecule has 1 aliphatic heterocycles. The van der Waals surface area contributed by atoms with E-state index in [1.54, 1.807) is 25.3 Å². The van der Waals surface area contributed by atoms with E-state index in [0.717, 1.165) is 32.3 Å². The number of phenols is 1. The number of fused-ring (bicyclic) bond motifs is 2. The van der Waals surface area contributed by atoms with E-state index < -0.39 is 5.97 Å². The first-order chi connectivity index (χ1) is 17.4. The van der Waals surface area contributed by atoms with Crippen LogP contribution in [0.3, 0.4) is 0 Å². The van der Waals surface area contributed by atoms with Crippen molar-refractivity contribution >= 4 is 22.8 Å². The number of aromatic carboxylic acids is 1. The summed E-state index contributed by atoms with van der Waals surface area (Å²) in [5, 5.41) is 23.3.